The number of rotatable bonds is 6. The summed E-state index contributed by atoms with van der Waals surface area (Å²) in [7, 11) is 5.98. The van der Waals surface area contributed by atoms with Crippen molar-refractivity contribution < 1.29 is 4.74 Å². The number of aryl methyl sites for hydroxylation is 2. The van der Waals surface area contributed by atoms with Crippen LogP contribution in [0.4, 0.5) is 0 Å². The molecular formula is C18H33N5O. The molecule has 0 saturated carbocycles. The Hall–Kier alpha value is -1.56. The minimum atomic E-state index is 0.792. The summed E-state index contributed by atoms with van der Waals surface area (Å²) in [5.74, 6) is 1.77. The Labute approximate surface area is 146 Å². The van der Waals surface area contributed by atoms with E-state index in [2.05, 4.69) is 41.2 Å². The smallest absolute Gasteiger partial charge is 0.193 e. The van der Waals surface area contributed by atoms with Crippen molar-refractivity contribution in [3.05, 3.63) is 17.0 Å². The summed E-state index contributed by atoms with van der Waals surface area (Å²) in [5, 5.41) is 7.97. The Bertz CT molecular complexity index is 546. The number of hydrogen-bond acceptors (Lipinski definition) is 3. The number of nitrogens with zero attached hydrogens (tertiary/aromatic N) is 4. The van der Waals surface area contributed by atoms with E-state index in [-0.39, 0.29) is 0 Å². The molecule has 0 aliphatic carbocycles. The number of aromatic nitrogens is 2. The topological polar surface area (TPSA) is 54.7 Å². The molecule has 1 aliphatic heterocycles. The third-order valence-corrected chi connectivity index (χ3v) is 5.10. The van der Waals surface area contributed by atoms with Crippen molar-refractivity contribution in [1.29, 1.82) is 0 Å². The van der Waals surface area contributed by atoms with Crippen LogP contribution in [0.15, 0.2) is 4.99 Å². The molecule has 1 N–H and O–H groups in total. The molecule has 0 amide bonds. The normalized spacial score (nSPS) is 16.5. The first-order chi connectivity index (χ1) is 11.5. The van der Waals surface area contributed by atoms with E-state index in [0.717, 1.165) is 50.3 Å². The lowest BCUT2D eigenvalue weighted by Gasteiger charge is -2.26. The van der Waals surface area contributed by atoms with E-state index in [1.165, 1.54) is 30.5 Å². The van der Waals surface area contributed by atoms with Gasteiger partial charge in [0.25, 0.3) is 0 Å². The highest BCUT2D eigenvalue weighted by molar-refractivity contribution is 5.79. The summed E-state index contributed by atoms with van der Waals surface area (Å²) in [4.78, 5) is 6.65. The van der Waals surface area contributed by atoms with Crippen molar-refractivity contribution in [3.63, 3.8) is 0 Å². The van der Waals surface area contributed by atoms with Crippen molar-refractivity contribution in [2.24, 2.45) is 18.0 Å². The van der Waals surface area contributed by atoms with Crippen molar-refractivity contribution in [2.75, 3.05) is 40.4 Å². The van der Waals surface area contributed by atoms with Crippen LogP contribution in [0.2, 0.25) is 0 Å². The fourth-order valence-electron chi connectivity index (χ4n) is 3.38. The van der Waals surface area contributed by atoms with Gasteiger partial charge in [0.1, 0.15) is 0 Å². The Balaban J connectivity index is 1.76. The van der Waals surface area contributed by atoms with Crippen LogP contribution < -0.4 is 5.32 Å². The number of hydrogen-bond donors (Lipinski definition) is 1. The standard InChI is InChI=1S/C18H33N5O/c1-14-17(15(2)23(5)21-14)6-10-20-18(19-3)22(4)11-7-16-8-12-24-13-9-16/h16H,6-13H2,1-5H3,(H,19,20). The van der Waals surface area contributed by atoms with Crippen LogP contribution in [0, 0.1) is 19.8 Å². The van der Waals surface area contributed by atoms with Crippen LogP contribution in [-0.4, -0.2) is 61.0 Å². The minimum absolute atomic E-state index is 0.792. The lowest BCUT2D eigenvalue weighted by atomic mass is 9.96. The molecule has 1 aliphatic rings. The first-order valence-electron chi connectivity index (χ1n) is 9.01. The molecule has 2 heterocycles. The molecule has 0 radical (unpaired) electrons. The summed E-state index contributed by atoms with van der Waals surface area (Å²) >= 11 is 0. The van der Waals surface area contributed by atoms with E-state index in [1.54, 1.807) is 0 Å². The zero-order valence-electron chi connectivity index (χ0n) is 15.9. The van der Waals surface area contributed by atoms with Gasteiger partial charge in [0, 0.05) is 53.1 Å². The van der Waals surface area contributed by atoms with Gasteiger partial charge in [-0.3, -0.25) is 9.67 Å². The van der Waals surface area contributed by atoms with Gasteiger partial charge < -0.3 is 15.0 Å². The quantitative estimate of drug-likeness (QED) is 0.637. The van der Waals surface area contributed by atoms with Crippen LogP contribution in [0.5, 0.6) is 0 Å². The molecule has 1 saturated heterocycles. The van der Waals surface area contributed by atoms with Gasteiger partial charge in [-0.25, -0.2) is 0 Å². The summed E-state index contributed by atoms with van der Waals surface area (Å²) in [5.41, 5.74) is 3.71. The Morgan fingerprint density at radius 3 is 2.67 bits per heavy atom. The molecule has 1 fully saturated rings. The van der Waals surface area contributed by atoms with Gasteiger partial charge in [-0.1, -0.05) is 0 Å². The maximum atomic E-state index is 5.43. The third kappa shape index (κ3) is 4.97. The Kier molecular flexibility index (Phi) is 7.09. The van der Waals surface area contributed by atoms with Crippen molar-refractivity contribution in [1.82, 2.24) is 20.0 Å². The molecular weight excluding hydrogens is 302 g/mol. The van der Waals surface area contributed by atoms with Crippen molar-refractivity contribution in [3.8, 4) is 0 Å². The second-order valence-electron chi connectivity index (χ2n) is 6.76. The van der Waals surface area contributed by atoms with Gasteiger partial charge in [-0.05, 0) is 51.0 Å². The summed E-state index contributed by atoms with van der Waals surface area (Å²) in [6.07, 6.45) is 4.57. The first-order valence-corrected chi connectivity index (χ1v) is 9.01. The average molecular weight is 335 g/mol. The van der Waals surface area contributed by atoms with Gasteiger partial charge in [0.2, 0.25) is 0 Å². The van der Waals surface area contributed by atoms with E-state index < -0.39 is 0 Å². The van der Waals surface area contributed by atoms with E-state index in [4.69, 9.17) is 4.74 Å². The SMILES string of the molecule is CN=C(NCCc1c(C)nn(C)c1C)N(C)CCC1CCOCC1. The molecule has 6 heteroatoms. The third-order valence-electron chi connectivity index (χ3n) is 5.10. The van der Waals surface area contributed by atoms with E-state index in [9.17, 15) is 0 Å². The lowest BCUT2D eigenvalue weighted by Crippen LogP contribution is -2.40. The van der Waals surface area contributed by atoms with Crippen LogP contribution in [0.25, 0.3) is 0 Å². The minimum Gasteiger partial charge on any atom is -0.381 e. The molecule has 0 spiro atoms. The molecule has 0 bridgehead atoms. The molecule has 1 aromatic rings. The fourth-order valence-corrected chi connectivity index (χ4v) is 3.38. The molecule has 0 aromatic carbocycles. The molecule has 1 aromatic heterocycles. The van der Waals surface area contributed by atoms with Crippen molar-refractivity contribution >= 4 is 5.96 Å². The largest absolute Gasteiger partial charge is 0.381 e. The number of ether oxygens (including phenoxy) is 1. The monoisotopic (exact) mass is 335 g/mol. The molecule has 2 rings (SSSR count). The molecule has 136 valence electrons. The first kappa shape index (κ1) is 18.8. The second-order valence-corrected chi connectivity index (χ2v) is 6.76. The maximum Gasteiger partial charge on any atom is 0.193 e. The predicted molar refractivity (Wildman–Crippen MR) is 98.5 cm³/mol. The Morgan fingerprint density at radius 1 is 1.38 bits per heavy atom. The maximum absolute atomic E-state index is 5.43. The van der Waals surface area contributed by atoms with Gasteiger partial charge in [0.15, 0.2) is 5.96 Å². The average Bonchev–Trinajstić information content (AvgIpc) is 2.83. The Morgan fingerprint density at radius 2 is 2.08 bits per heavy atom. The lowest BCUT2D eigenvalue weighted by molar-refractivity contribution is 0.0625. The number of aliphatic imine (C=N–C) groups is 1. The highest BCUT2D eigenvalue weighted by Gasteiger charge is 2.15. The molecule has 6 nitrogen and oxygen atoms in total. The zero-order chi connectivity index (χ0) is 17.5. The van der Waals surface area contributed by atoms with Gasteiger partial charge >= 0.3 is 0 Å². The van der Waals surface area contributed by atoms with E-state index in [1.807, 2.05) is 18.8 Å². The molecule has 0 unspecified atom stereocenters. The molecule has 24 heavy (non-hydrogen) atoms. The van der Waals surface area contributed by atoms with Gasteiger partial charge in [-0.2, -0.15) is 5.10 Å². The van der Waals surface area contributed by atoms with E-state index in [0.29, 0.717) is 0 Å². The van der Waals surface area contributed by atoms with Crippen LogP contribution >= 0.6 is 0 Å². The summed E-state index contributed by atoms with van der Waals surface area (Å²) in [6, 6.07) is 0. The van der Waals surface area contributed by atoms with Gasteiger partial charge in [-0.15, -0.1) is 0 Å². The predicted octanol–water partition coefficient (Wildman–Crippen LogP) is 1.90. The summed E-state index contributed by atoms with van der Waals surface area (Å²) in [6.45, 7) is 7.97. The highest BCUT2D eigenvalue weighted by Crippen LogP contribution is 2.18. The fraction of sp³-hybridized carbons (Fsp3) is 0.778. The second kappa shape index (κ2) is 9.06. The zero-order valence-corrected chi connectivity index (χ0v) is 15.9. The summed E-state index contributed by atoms with van der Waals surface area (Å²) < 4.78 is 7.39. The van der Waals surface area contributed by atoms with Crippen molar-refractivity contribution in [2.45, 2.75) is 39.5 Å². The van der Waals surface area contributed by atoms with Crippen LogP contribution in [0.3, 0.4) is 0 Å². The van der Waals surface area contributed by atoms with E-state index >= 15 is 0 Å². The van der Waals surface area contributed by atoms with Crippen LogP contribution in [0.1, 0.15) is 36.2 Å². The van der Waals surface area contributed by atoms with Crippen LogP contribution in [-0.2, 0) is 18.2 Å². The number of nitrogens with one attached hydrogen (secondary N) is 1. The highest BCUT2D eigenvalue weighted by atomic mass is 16.5. The number of guanidine groups is 1. The van der Waals surface area contributed by atoms with Gasteiger partial charge in [0.05, 0.1) is 5.69 Å². The molecule has 0 atom stereocenters.